The van der Waals surface area contributed by atoms with Gasteiger partial charge in [0, 0.05) is 23.1 Å². The molecule has 0 aromatic heterocycles. The van der Waals surface area contributed by atoms with Gasteiger partial charge in [0.05, 0.1) is 0 Å². The van der Waals surface area contributed by atoms with Gasteiger partial charge in [0.2, 0.25) is 0 Å². The Hall–Kier alpha value is -0.940. The van der Waals surface area contributed by atoms with Crippen LogP contribution in [0.3, 0.4) is 0 Å². The number of piperidine rings is 1. The van der Waals surface area contributed by atoms with Crippen LogP contribution in [0, 0.1) is 11.7 Å². The first kappa shape index (κ1) is 14.5. The van der Waals surface area contributed by atoms with E-state index < -0.39 is 0 Å². The molecule has 1 aromatic carbocycles. The molecule has 0 spiro atoms. The van der Waals surface area contributed by atoms with E-state index in [-0.39, 0.29) is 11.7 Å². The van der Waals surface area contributed by atoms with Crippen LogP contribution in [-0.4, -0.2) is 37.5 Å². The van der Waals surface area contributed by atoms with Crippen LogP contribution in [-0.2, 0) is 0 Å². The van der Waals surface area contributed by atoms with Gasteiger partial charge in [-0.3, -0.25) is 4.79 Å². The molecule has 1 aliphatic heterocycles. The zero-order valence-electron chi connectivity index (χ0n) is 11.0. The highest BCUT2D eigenvalue weighted by Gasteiger charge is 2.24. The summed E-state index contributed by atoms with van der Waals surface area (Å²) in [5, 5.41) is 3.15. The van der Waals surface area contributed by atoms with Gasteiger partial charge in [-0.05, 0) is 50.6 Å². The minimum atomic E-state index is -0.387. The zero-order valence-corrected chi connectivity index (χ0v) is 12.5. The average Bonchev–Trinajstić information content (AvgIpc) is 2.37. The van der Waals surface area contributed by atoms with Crippen LogP contribution in [0.1, 0.15) is 23.2 Å². The molecular weight excluding hydrogens is 311 g/mol. The highest BCUT2D eigenvalue weighted by Crippen LogP contribution is 2.20. The van der Waals surface area contributed by atoms with E-state index in [0.717, 1.165) is 32.5 Å². The molecule has 1 atom stereocenters. The van der Waals surface area contributed by atoms with Gasteiger partial charge in [-0.25, -0.2) is 4.39 Å². The predicted octanol–water partition coefficient (Wildman–Crippen LogP) is 2.66. The second-order valence-electron chi connectivity index (χ2n) is 4.98. The Balaban J connectivity index is 2.10. The van der Waals surface area contributed by atoms with E-state index in [0.29, 0.717) is 16.0 Å². The maximum atomic E-state index is 13.3. The van der Waals surface area contributed by atoms with Crippen LogP contribution in [0.25, 0.3) is 0 Å². The SMILES string of the molecule is CNC[C@@H]1CCCN(C(=O)c2cc(F)cc(Br)c2)C1. The molecule has 0 saturated carbocycles. The first-order chi connectivity index (χ1) is 9.10. The van der Waals surface area contributed by atoms with E-state index in [4.69, 9.17) is 0 Å². The third kappa shape index (κ3) is 3.76. The van der Waals surface area contributed by atoms with Crippen molar-refractivity contribution in [2.24, 2.45) is 5.92 Å². The first-order valence-electron chi connectivity index (χ1n) is 6.50. The summed E-state index contributed by atoms with van der Waals surface area (Å²) in [5.74, 6) is 0.0159. The third-order valence-corrected chi connectivity index (χ3v) is 3.87. The second kappa shape index (κ2) is 6.48. The van der Waals surface area contributed by atoms with Crippen molar-refractivity contribution in [1.82, 2.24) is 10.2 Å². The minimum Gasteiger partial charge on any atom is -0.338 e. The van der Waals surface area contributed by atoms with Gasteiger partial charge in [0.1, 0.15) is 5.82 Å². The fourth-order valence-corrected chi connectivity index (χ4v) is 3.03. The van der Waals surface area contributed by atoms with Gasteiger partial charge in [0.15, 0.2) is 0 Å². The minimum absolute atomic E-state index is 0.0824. The number of halogens is 2. The highest BCUT2D eigenvalue weighted by atomic mass is 79.9. The van der Waals surface area contributed by atoms with Gasteiger partial charge in [0.25, 0.3) is 5.91 Å². The van der Waals surface area contributed by atoms with E-state index in [1.807, 2.05) is 11.9 Å². The Morgan fingerprint density at radius 1 is 1.53 bits per heavy atom. The van der Waals surface area contributed by atoms with Crippen LogP contribution in [0.2, 0.25) is 0 Å². The number of benzene rings is 1. The number of carbonyl (C=O) groups excluding carboxylic acids is 1. The van der Waals surface area contributed by atoms with Crippen molar-refractivity contribution in [3.63, 3.8) is 0 Å². The van der Waals surface area contributed by atoms with Crippen LogP contribution < -0.4 is 5.32 Å². The molecule has 1 saturated heterocycles. The predicted molar refractivity (Wildman–Crippen MR) is 76.7 cm³/mol. The fraction of sp³-hybridized carbons (Fsp3) is 0.500. The van der Waals surface area contributed by atoms with Crippen molar-refractivity contribution in [2.75, 3.05) is 26.7 Å². The van der Waals surface area contributed by atoms with Crippen molar-refractivity contribution in [1.29, 1.82) is 0 Å². The molecule has 1 heterocycles. The molecule has 0 bridgehead atoms. The highest BCUT2D eigenvalue weighted by molar-refractivity contribution is 9.10. The lowest BCUT2D eigenvalue weighted by molar-refractivity contribution is 0.0673. The van der Waals surface area contributed by atoms with Crippen molar-refractivity contribution in [3.05, 3.63) is 34.1 Å². The summed E-state index contributed by atoms with van der Waals surface area (Å²) in [6, 6.07) is 4.33. The lowest BCUT2D eigenvalue weighted by Gasteiger charge is -2.32. The molecule has 104 valence electrons. The number of carbonyl (C=O) groups is 1. The number of rotatable bonds is 3. The lowest BCUT2D eigenvalue weighted by Crippen LogP contribution is -2.42. The van der Waals surface area contributed by atoms with Crippen LogP contribution >= 0.6 is 15.9 Å². The summed E-state index contributed by atoms with van der Waals surface area (Å²) in [6.07, 6.45) is 2.14. The third-order valence-electron chi connectivity index (χ3n) is 3.41. The molecule has 0 radical (unpaired) electrons. The molecule has 3 nitrogen and oxygen atoms in total. The van der Waals surface area contributed by atoms with E-state index >= 15 is 0 Å². The van der Waals surface area contributed by atoms with E-state index in [2.05, 4.69) is 21.2 Å². The van der Waals surface area contributed by atoms with Gasteiger partial charge in [-0.1, -0.05) is 15.9 Å². The van der Waals surface area contributed by atoms with E-state index in [9.17, 15) is 9.18 Å². The van der Waals surface area contributed by atoms with E-state index in [1.54, 1.807) is 6.07 Å². The molecule has 5 heteroatoms. The average molecular weight is 329 g/mol. The number of nitrogens with zero attached hydrogens (tertiary/aromatic N) is 1. The maximum absolute atomic E-state index is 13.3. The summed E-state index contributed by atoms with van der Waals surface area (Å²) in [4.78, 5) is 14.2. The molecule has 2 rings (SSSR count). The summed E-state index contributed by atoms with van der Waals surface area (Å²) in [5.41, 5.74) is 0.414. The molecule has 1 amide bonds. The van der Waals surface area contributed by atoms with Crippen LogP contribution in [0.5, 0.6) is 0 Å². The Morgan fingerprint density at radius 3 is 3.00 bits per heavy atom. The van der Waals surface area contributed by atoms with Crippen molar-refractivity contribution in [2.45, 2.75) is 12.8 Å². The summed E-state index contributed by atoms with van der Waals surface area (Å²) >= 11 is 3.22. The van der Waals surface area contributed by atoms with Crippen molar-refractivity contribution in [3.8, 4) is 0 Å². The van der Waals surface area contributed by atoms with Gasteiger partial charge in [-0.2, -0.15) is 0 Å². The lowest BCUT2D eigenvalue weighted by atomic mass is 9.97. The summed E-state index contributed by atoms with van der Waals surface area (Å²) in [7, 11) is 1.92. The largest absolute Gasteiger partial charge is 0.338 e. The monoisotopic (exact) mass is 328 g/mol. The molecular formula is C14H18BrFN2O. The first-order valence-corrected chi connectivity index (χ1v) is 7.29. The standard InChI is InChI=1S/C14H18BrFN2O/c1-17-8-10-3-2-4-18(9-10)14(19)11-5-12(15)7-13(16)6-11/h5-7,10,17H,2-4,8-9H2,1H3/t10-/m0/s1. The van der Waals surface area contributed by atoms with Crippen molar-refractivity contribution < 1.29 is 9.18 Å². The molecule has 1 N–H and O–H groups in total. The van der Waals surface area contributed by atoms with Gasteiger partial charge in [-0.15, -0.1) is 0 Å². The Bertz CT molecular complexity index is 445. The van der Waals surface area contributed by atoms with Gasteiger partial charge >= 0.3 is 0 Å². The summed E-state index contributed by atoms with van der Waals surface area (Å²) < 4.78 is 13.9. The number of hydrogen-bond donors (Lipinski definition) is 1. The number of amides is 1. The molecule has 1 aromatic rings. The number of hydrogen-bond acceptors (Lipinski definition) is 2. The topological polar surface area (TPSA) is 32.3 Å². The molecule has 0 unspecified atom stereocenters. The van der Waals surface area contributed by atoms with E-state index in [1.165, 1.54) is 12.1 Å². The molecule has 0 aliphatic carbocycles. The van der Waals surface area contributed by atoms with Crippen LogP contribution in [0.15, 0.2) is 22.7 Å². The Kier molecular flexibility index (Phi) is 4.93. The van der Waals surface area contributed by atoms with Crippen LogP contribution in [0.4, 0.5) is 4.39 Å². The normalized spacial score (nSPS) is 19.5. The fourth-order valence-electron chi connectivity index (χ4n) is 2.56. The summed E-state index contributed by atoms with van der Waals surface area (Å²) in [6.45, 7) is 2.41. The van der Waals surface area contributed by atoms with Gasteiger partial charge < -0.3 is 10.2 Å². The molecule has 1 fully saturated rings. The zero-order chi connectivity index (χ0) is 13.8. The quantitative estimate of drug-likeness (QED) is 0.925. The number of likely N-dealkylation sites (tertiary alicyclic amines) is 1. The second-order valence-corrected chi connectivity index (χ2v) is 5.89. The maximum Gasteiger partial charge on any atom is 0.254 e. The smallest absolute Gasteiger partial charge is 0.254 e. The Morgan fingerprint density at radius 2 is 2.32 bits per heavy atom. The number of nitrogens with one attached hydrogen (secondary N) is 1. The Labute approximate surface area is 121 Å². The van der Waals surface area contributed by atoms with Crippen molar-refractivity contribution >= 4 is 21.8 Å². The molecule has 1 aliphatic rings. The molecule has 19 heavy (non-hydrogen) atoms.